The van der Waals surface area contributed by atoms with Gasteiger partial charge in [0.05, 0.1) is 0 Å². The fourth-order valence-corrected chi connectivity index (χ4v) is 1.77. The largest absolute Gasteiger partial charge is 0.459 e. The maximum absolute atomic E-state index is 12.0. The molecule has 5 heteroatoms. The first-order chi connectivity index (χ1) is 8.87. The molecule has 0 aromatic carbocycles. The molecular formula is C14H20N2O3. The molecule has 2 rings (SSSR count). The highest BCUT2D eigenvalue weighted by atomic mass is 16.7. The van der Waals surface area contributed by atoms with Crippen molar-refractivity contribution in [2.45, 2.75) is 45.8 Å². The minimum absolute atomic E-state index is 0.231. The van der Waals surface area contributed by atoms with Crippen LogP contribution in [-0.4, -0.2) is 34.2 Å². The number of ether oxygens (including phenoxy) is 1. The topological polar surface area (TPSA) is 51.7 Å². The molecule has 0 spiro atoms. The number of hydrogen-bond donors (Lipinski definition) is 0. The zero-order valence-corrected chi connectivity index (χ0v) is 11.8. The number of carbonyl (C=O) groups excluding carboxylic acids is 1. The van der Waals surface area contributed by atoms with Gasteiger partial charge in [0.25, 0.3) is 0 Å². The van der Waals surface area contributed by atoms with E-state index in [1.807, 2.05) is 27.7 Å². The molecule has 2 heterocycles. The summed E-state index contributed by atoms with van der Waals surface area (Å²) in [6.45, 7) is 8.24. The maximum atomic E-state index is 12.0. The fourth-order valence-electron chi connectivity index (χ4n) is 1.77. The standard InChI is InChI=1S/C14H20N2O3/c1-10-9-15-7-5-12(10)19-16-8-6-11(16)13(17)18-14(2,3)4/h5,7,9,11H,6,8H2,1-4H3. The predicted octanol–water partition coefficient (Wildman–Crippen LogP) is 2.10. The summed E-state index contributed by atoms with van der Waals surface area (Å²) in [7, 11) is 0. The van der Waals surface area contributed by atoms with Gasteiger partial charge in [-0.25, -0.2) is 0 Å². The van der Waals surface area contributed by atoms with Crippen LogP contribution >= 0.6 is 0 Å². The van der Waals surface area contributed by atoms with Crippen molar-refractivity contribution in [2.24, 2.45) is 0 Å². The average Bonchev–Trinajstić information content (AvgIpc) is 2.23. The Morgan fingerprint density at radius 1 is 1.47 bits per heavy atom. The summed E-state index contributed by atoms with van der Waals surface area (Å²) in [6.07, 6.45) is 4.17. The first-order valence-corrected chi connectivity index (χ1v) is 6.45. The van der Waals surface area contributed by atoms with E-state index in [1.54, 1.807) is 23.5 Å². The number of hydroxylamine groups is 2. The summed E-state index contributed by atoms with van der Waals surface area (Å²) >= 11 is 0. The van der Waals surface area contributed by atoms with E-state index < -0.39 is 5.60 Å². The molecule has 19 heavy (non-hydrogen) atoms. The van der Waals surface area contributed by atoms with Crippen molar-refractivity contribution in [1.29, 1.82) is 0 Å². The van der Waals surface area contributed by atoms with Gasteiger partial charge in [-0.1, -0.05) is 0 Å². The molecule has 0 aliphatic carbocycles. The Hall–Kier alpha value is -1.62. The van der Waals surface area contributed by atoms with Crippen molar-refractivity contribution in [1.82, 2.24) is 10.0 Å². The van der Waals surface area contributed by atoms with E-state index in [9.17, 15) is 4.79 Å². The Kier molecular flexibility index (Phi) is 3.75. The summed E-state index contributed by atoms with van der Waals surface area (Å²) in [4.78, 5) is 21.7. The lowest BCUT2D eigenvalue weighted by atomic mass is 10.1. The number of rotatable bonds is 3. The second kappa shape index (κ2) is 5.17. The zero-order chi connectivity index (χ0) is 14.0. The first kappa shape index (κ1) is 13.8. The summed E-state index contributed by atoms with van der Waals surface area (Å²) in [5.74, 6) is 0.494. The van der Waals surface area contributed by atoms with Crippen molar-refractivity contribution in [3.05, 3.63) is 24.0 Å². The van der Waals surface area contributed by atoms with Crippen molar-refractivity contribution in [3.8, 4) is 5.75 Å². The minimum Gasteiger partial charge on any atom is -0.459 e. The maximum Gasteiger partial charge on any atom is 0.327 e. The Bertz CT molecular complexity index is 468. The van der Waals surface area contributed by atoms with Gasteiger partial charge in [0.2, 0.25) is 0 Å². The van der Waals surface area contributed by atoms with Crippen molar-refractivity contribution in [2.75, 3.05) is 6.54 Å². The van der Waals surface area contributed by atoms with Crippen LogP contribution in [0.1, 0.15) is 32.8 Å². The molecule has 1 aliphatic rings. The van der Waals surface area contributed by atoms with Crippen molar-refractivity contribution >= 4 is 5.97 Å². The minimum atomic E-state index is -0.467. The highest BCUT2D eigenvalue weighted by Crippen LogP contribution is 2.25. The number of pyridine rings is 1. The molecule has 1 aliphatic heterocycles. The van der Waals surface area contributed by atoms with Gasteiger partial charge in [0.1, 0.15) is 11.6 Å². The molecule has 1 aromatic rings. The summed E-state index contributed by atoms with van der Waals surface area (Å²) < 4.78 is 5.37. The van der Waals surface area contributed by atoms with Crippen LogP contribution in [0, 0.1) is 6.92 Å². The van der Waals surface area contributed by atoms with Gasteiger partial charge in [0.15, 0.2) is 5.75 Å². The van der Waals surface area contributed by atoms with Gasteiger partial charge >= 0.3 is 5.97 Å². The molecule has 0 amide bonds. The molecule has 5 nitrogen and oxygen atoms in total. The smallest absolute Gasteiger partial charge is 0.327 e. The second-order valence-electron chi connectivity index (χ2n) is 5.71. The van der Waals surface area contributed by atoms with E-state index in [1.165, 1.54) is 0 Å². The van der Waals surface area contributed by atoms with E-state index in [0.29, 0.717) is 0 Å². The summed E-state index contributed by atoms with van der Waals surface area (Å²) in [5, 5.41) is 1.66. The van der Waals surface area contributed by atoms with E-state index >= 15 is 0 Å². The Morgan fingerprint density at radius 3 is 2.74 bits per heavy atom. The highest BCUT2D eigenvalue weighted by molar-refractivity contribution is 5.77. The lowest BCUT2D eigenvalue weighted by molar-refractivity contribution is -0.197. The van der Waals surface area contributed by atoms with Crippen LogP contribution in [0.4, 0.5) is 0 Å². The van der Waals surface area contributed by atoms with Crippen LogP contribution in [0.25, 0.3) is 0 Å². The third kappa shape index (κ3) is 3.44. The number of aromatic nitrogens is 1. The molecule has 0 saturated carbocycles. The van der Waals surface area contributed by atoms with Crippen LogP contribution in [0.3, 0.4) is 0 Å². The highest BCUT2D eigenvalue weighted by Gasteiger charge is 2.39. The number of carbonyl (C=O) groups is 1. The van der Waals surface area contributed by atoms with E-state index in [4.69, 9.17) is 9.57 Å². The summed E-state index contributed by atoms with van der Waals surface area (Å²) in [5.41, 5.74) is 0.475. The van der Waals surface area contributed by atoms with Crippen LogP contribution in [0.15, 0.2) is 18.5 Å². The molecule has 0 N–H and O–H groups in total. The number of aryl methyl sites for hydroxylation is 1. The van der Waals surface area contributed by atoms with E-state index in [2.05, 4.69) is 4.98 Å². The number of hydrogen-bond acceptors (Lipinski definition) is 5. The quantitative estimate of drug-likeness (QED) is 0.782. The SMILES string of the molecule is Cc1cnccc1ON1CCC1C(=O)OC(C)(C)C. The normalized spacial score (nSPS) is 19.7. The molecule has 104 valence electrons. The second-order valence-corrected chi connectivity index (χ2v) is 5.71. The van der Waals surface area contributed by atoms with Crippen LogP contribution in [0.2, 0.25) is 0 Å². The molecule has 1 fully saturated rings. The molecule has 1 aromatic heterocycles. The first-order valence-electron chi connectivity index (χ1n) is 6.45. The predicted molar refractivity (Wildman–Crippen MR) is 70.6 cm³/mol. The zero-order valence-electron chi connectivity index (χ0n) is 11.8. The monoisotopic (exact) mass is 264 g/mol. The van der Waals surface area contributed by atoms with Crippen molar-refractivity contribution in [3.63, 3.8) is 0 Å². The Balaban J connectivity index is 1.96. The lowest BCUT2D eigenvalue weighted by Crippen LogP contribution is -2.55. The van der Waals surface area contributed by atoms with Gasteiger partial charge in [-0.15, -0.1) is 5.06 Å². The molecule has 0 radical (unpaired) electrons. The van der Waals surface area contributed by atoms with Gasteiger partial charge in [-0.05, 0) is 34.1 Å². The molecule has 1 unspecified atom stereocenters. The Morgan fingerprint density at radius 2 is 2.21 bits per heavy atom. The van der Waals surface area contributed by atoms with E-state index in [0.717, 1.165) is 24.3 Å². The number of esters is 1. The van der Waals surface area contributed by atoms with Gasteiger partial charge in [0, 0.05) is 30.6 Å². The molecule has 1 atom stereocenters. The average molecular weight is 264 g/mol. The van der Waals surface area contributed by atoms with Crippen LogP contribution < -0.4 is 4.84 Å². The summed E-state index contributed by atoms with van der Waals surface area (Å²) in [6, 6.07) is 1.48. The Labute approximate surface area is 113 Å². The molecule has 0 bridgehead atoms. The molecule has 1 saturated heterocycles. The van der Waals surface area contributed by atoms with Crippen LogP contribution in [-0.2, 0) is 9.53 Å². The van der Waals surface area contributed by atoms with Gasteiger partial charge < -0.3 is 9.57 Å². The van der Waals surface area contributed by atoms with Crippen LogP contribution in [0.5, 0.6) is 5.75 Å². The van der Waals surface area contributed by atoms with Gasteiger partial charge in [-0.3, -0.25) is 9.78 Å². The molecular weight excluding hydrogens is 244 g/mol. The third-order valence-electron chi connectivity index (χ3n) is 2.83. The lowest BCUT2D eigenvalue weighted by Gasteiger charge is -2.38. The third-order valence-corrected chi connectivity index (χ3v) is 2.83. The van der Waals surface area contributed by atoms with Crippen molar-refractivity contribution < 1.29 is 14.4 Å². The number of nitrogens with zero attached hydrogens (tertiary/aromatic N) is 2. The van der Waals surface area contributed by atoms with E-state index in [-0.39, 0.29) is 12.0 Å². The fraction of sp³-hybridized carbons (Fsp3) is 0.571. The van der Waals surface area contributed by atoms with Gasteiger partial charge in [-0.2, -0.15) is 0 Å².